The molecular formula is C28H34ClN3O3. The molecule has 2 N–H and O–H groups in total. The van der Waals surface area contributed by atoms with Crippen molar-refractivity contribution in [2.24, 2.45) is 5.92 Å². The molecule has 0 bridgehead atoms. The number of anilines is 2. The molecule has 35 heavy (non-hydrogen) atoms. The maximum Gasteiger partial charge on any atom is 0.323 e. The average Bonchev–Trinajstić information content (AvgIpc) is 2.83. The van der Waals surface area contributed by atoms with Gasteiger partial charge < -0.3 is 20.1 Å². The molecule has 1 saturated heterocycles. The first-order valence-electron chi connectivity index (χ1n) is 12.2. The van der Waals surface area contributed by atoms with E-state index >= 15 is 0 Å². The fraction of sp³-hybridized carbons (Fsp3) is 0.429. The van der Waals surface area contributed by atoms with Gasteiger partial charge in [-0.25, -0.2) is 9.78 Å². The smallest absolute Gasteiger partial charge is 0.323 e. The van der Waals surface area contributed by atoms with Crippen molar-refractivity contribution in [3.63, 3.8) is 0 Å². The second-order valence-electron chi connectivity index (χ2n) is 10.1. The quantitative estimate of drug-likeness (QED) is 0.351. The highest BCUT2D eigenvalue weighted by Crippen LogP contribution is 2.33. The minimum Gasteiger partial charge on any atom is -0.493 e. The number of fused-ring (bicyclic) bond motifs is 1. The van der Waals surface area contributed by atoms with Crippen molar-refractivity contribution in [2.45, 2.75) is 52.4 Å². The predicted octanol–water partition coefficient (Wildman–Crippen LogP) is 7.33. The first kappa shape index (κ1) is 25.3. The van der Waals surface area contributed by atoms with Crippen molar-refractivity contribution in [3.05, 3.63) is 58.9 Å². The fourth-order valence-corrected chi connectivity index (χ4v) is 4.44. The number of carbonyl (C=O) groups is 1. The number of amides is 2. The molecule has 0 aliphatic carbocycles. The second kappa shape index (κ2) is 10.8. The van der Waals surface area contributed by atoms with Crippen molar-refractivity contribution in [3.8, 4) is 5.75 Å². The number of aromatic nitrogens is 1. The summed E-state index contributed by atoms with van der Waals surface area (Å²) in [5.74, 6) is 1.48. The molecule has 1 aromatic heterocycles. The number of hydrogen-bond acceptors (Lipinski definition) is 4. The Balaban J connectivity index is 1.48. The summed E-state index contributed by atoms with van der Waals surface area (Å²) in [5.41, 5.74) is 2.71. The zero-order valence-corrected chi connectivity index (χ0v) is 21.7. The molecule has 186 valence electrons. The normalized spacial score (nSPS) is 14.7. The van der Waals surface area contributed by atoms with Crippen LogP contribution in [0.2, 0.25) is 5.15 Å². The van der Waals surface area contributed by atoms with Crippen molar-refractivity contribution in [1.82, 2.24) is 4.98 Å². The third kappa shape index (κ3) is 6.24. The average molecular weight is 496 g/mol. The molecule has 0 radical (unpaired) electrons. The van der Waals surface area contributed by atoms with Crippen LogP contribution in [-0.2, 0) is 10.2 Å². The van der Waals surface area contributed by atoms with Crippen LogP contribution in [0.5, 0.6) is 5.75 Å². The predicted molar refractivity (Wildman–Crippen MR) is 143 cm³/mol. The van der Waals surface area contributed by atoms with Gasteiger partial charge in [0.05, 0.1) is 18.0 Å². The van der Waals surface area contributed by atoms with Crippen LogP contribution in [0.4, 0.5) is 16.2 Å². The van der Waals surface area contributed by atoms with E-state index in [2.05, 4.69) is 36.4 Å². The van der Waals surface area contributed by atoms with Gasteiger partial charge in [-0.3, -0.25) is 0 Å². The summed E-state index contributed by atoms with van der Waals surface area (Å²) >= 11 is 6.35. The van der Waals surface area contributed by atoms with E-state index < -0.39 is 0 Å². The van der Waals surface area contributed by atoms with E-state index in [-0.39, 0.29) is 11.4 Å². The maximum atomic E-state index is 13.0. The van der Waals surface area contributed by atoms with Crippen LogP contribution in [0.3, 0.4) is 0 Å². The van der Waals surface area contributed by atoms with Crippen LogP contribution in [0.15, 0.2) is 42.5 Å². The zero-order chi connectivity index (χ0) is 25.0. The molecule has 0 atom stereocenters. The van der Waals surface area contributed by atoms with E-state index in [9.17, 15) is 4.79 Å². The Labute approximate surface area is 212 Å². The van der Waals surface area contributed by atoms with Crippen LogP contribution >= 0.6 is 11.6 Å². The number of carbonyl (C=O) groups excluding carboxylic acids is 1. The van der Waals surface area contributed by atoms with Gasteiger partial charge in [0.2, 0.25) is 0 Å². The Morgan fingerprint density at radius 1 is 1.09 bits per heavy atom. The second-order valence-corrected chi connectivity index (χ2v) is 10.5. The molecule has 2 heterocycles. The highest BCUT2D eigenvalue weighted by molar-refractivity contribution is 6.30. The summed E-state index contributed by atoms with van der Waals surface area (Å²) in [6.45, 7) is 10.4. The summed E-state index contributed by atoms with van der Waals surface area (Å²) < 4.78 is 11.6. The number of rotatable bonds is 6. The number of benzene rings is 2. The summed E-state index contributed by atoms with van der Waals surface area (Å²) in [4.78, 5) is 17.4. The topological polar surface area (TPSA) is 72.5 Å². The molecule has 2 aromatic carbocycles. The molecule has 3 aromatic rings. The van der Waals surface area contributed by atoms with Crippen molar-refractivity contribution < 1.29 is 14.3 Å². The van der Waals surface area contributed by atoms with Crippen molar-refractivity contribution in [1.29, 1.82) is 0 Å². The van der Waals surface area contributed by atoms with Crippen molar-refractivity contribution in [2.75, 3.05) is 30.5 Å². The SMILES string of the molecule is Cc1c(NC(=O)Nc2ccc(OCCC3CCOCC3)c3ccccc23)cc(C(C)(C)C)nc1Cl. The van der Waals surface area contributed by atoms with Crippen LogP contribution in [0.25, 0.3) is 10.8 Å². The number of nitrogens with zero attached hydrogens (tertiary/aromatic N) is 1. The fourth-order valence-electron chi connectivity index (χ4n) is 4.24. The molecule has 7 heteroatoms. The number of hydrogen-bond donors (Lipinski definition) is 2. The highest BCUT2D eigenvalue weighted by Gasteiger charge is 2.20. The molecule has 2 amide bonds. The number of pyridine rings is 1. The molecule has 1 fully saturated rings. The highest BCUT2D eigenvalue weighted by atomic mass is 35.5. The summed E-state index contributed by atoms with van der Waals surface area (Å²) in [5, 5.41) is 8.22. The Morgan fingerprint density at radius 3 is 2.49 bits per heavy atom. The molecule has 0 spiro atoms. The lowest BCUT2D eigenvalue weighted by Crippen LogP contribution is -2.22. The number of urea groups is 1. The minimum atomic E-state index is -0.339. The van der Waals surface area contributed by atoms with Gasteiger partial charge in [-0.05, 0) is 50.3 Å². The van der Waals surface area contributed by atoms with Gasteiger partial charge in [0.25, 0.3) is 0 Å². The third-order valence-corrected chi connectivity index (χ3v) is 6.85. The third-order valence-electron chi connectivity index (χ3n) is 6.49. The Morgan fingerprint density at radius 2 is 1.77 bits per heavy atom. The number of nitrogens with one attached hydrogen (secondary N) is 2. The van der Waals surface area contributed by atoms with Gasteiger partial charge in [0, 0.05) is 40.7 Å². The van der Waals surface area contributed by atoms with Gasteiger partial charge in [0.15, 0.2) is 0 Å². The zero-order valence-electron chi connectivity index (χ0n) is 20.9. The van der Waals surface area contributed by atoms with Gasteiger partial charge in [0.1, 0.15) is 10.9 Å². The van der Waals surface area contributed by atoms with Crippen LogP contribution in [0.1, 0.15) is 51.3 Å². The largest absolute Gasteiger partial charge is 0.493 e. The lowest BCUT2D eigenvalue weighted by atomic mass is 9.91. The van der Waals surface area contributed by atoms with Gasteiger partial charge in [-0.15, -0.1) is 0 Å². The monoisotopic (exact) mass is 495 g/mol. The molecule has 4 rings (SSSR count). The first-order valence-corrected chi connectivity index (χ1v) is 12.6. The lowest BCUT2D eigenvalue weighted by molar-refractivity contribution is 0.0594. The molecule has 0 saturated carbocycles. The molecule has 1 aliphatic heterocycles. The standard InChI is InChI=1S/C28H34ClN3O3/c1-18-23(17-25(28(2,3)4)32-26(18)29)31-27(33)30-22-9-10-24(21-8-6-5-7-20(21)22)35-16-13-19-11-14-34-15-12-19/h5-10,17,19H,11-16H2,1-4H3,(H2,30,31,32,33). The summed E-state index contributed by atoms with van der Waals surface area (Å²) in [6, 6.07) is 13.3. The summed E-state index contributed by atoms with van der Waals surface area (Å²) in [7, 11) is 0. The Bertz CT molecular complexity index is 1200. The van der Waals surface area contributed by atoms with Crippen LogP contribution in [-0.4, -0.2) is 30.8 Å². The number of ether oxygens (including phenoxy) is 2. The van der Waals surface area contributed by atoms with E-state index in [1.807, 2.05) is 49.4 Å². The molecule has 0 unspecified atom stereocenters. The lowest BCUT2D eigenvalue weighted by Gasteiger charge is -2.22. The van der Waals surface area contributed by atoms with Crippen molar-refractivity contribution >= 4 is 39.8 Å². The van der Waals surface area contributed by atoms with Gasteiger partial charge in [-0.2, -0.15) is 0 Å². The van der Waals surface area contributed by atoms with Crippen LogP contribution < -0.4 is 15.4 Å². The van der Waals surface area contributed by atoms with E-state index in [0.29, 0.717) is 29.1 Å². The van der Waals surface area contributed by atoms with Gasteiger partial charge in [-0.1, -0.05) is 56.6 Å². The van der Waals surface area contributed by atoms with Gasteiger partial charge >= 0.3 is 6.03 Å². The number of halogens is 1. The Kier molecular flexibility index (Phi) is 7.82. The maximum absolute atomic E-state index is 13.0. The van der Waals surface area contributed by atoms with E-state index in [1.54, 1.807) is 0 Å². The molecule has 1 aliphatic rings. The molecule has 6 nitrogen and oxygen atoms in total. The van der Waals surface area contributed by atoms with E-state index in [0.717, 1.165) is 60.3 Å². The Hall–Kier alpha value is -2.83. The summed E-state index contributed by atoms with van der Waals surface area (Å²) in [6.07, 6.45) is 3.22. The van der Waals surface area contributed by atoms with E-state index in [4.69, 9.17) is 21.1 Å². The first-order chi connectivity index (χ1) is 16.7. The molecular weight excluding hydrogens is 462 g/mol. The van der Waals surface area contributed by atoms with Crippen LogP contribution in [0, 0.1) is 12.8 Å². The minimum absolute atomic E-state index is 0.193. The van der Waals surface area contributed by atoms with E-state index in [1.165, 1.54) is 0 Å².